The van der Waals surface area contributed by atoms with Gasteiger partial charge in [-0.1, -0.05) is 67.1 Å². The molecule has 1 aliphatic rings. The lowest BCUT2D eigenvalue weighted by Crippen LogP contribution is -2.02. The molecule has 2 nitrogen and oxygen atoms in total. The summed E-state index contributed by atoms with van der Waals surface area (Å²) in [7, 11) is 1.74. The maximum Gasteiger partial charge on any atom is 0.164 e. The minimum Gasteiger partial charge on any atom is -0.385 e. The van der Waals surface area contributed by atoms with Crippen molar-refractivity contribution in [2.45, 2.75) is 25.7 Å². The second-order valence-corrected chi connectivity index (χ2v) is 6.33. The van der Waals surface area contributed by atoms with E-state index in [1.54, 1.807) is 7.11 Å². The summed E-state index contributed by atoms with van der Waals surface area (Å²) in [5.41, 5.74) is 4.36. The van der Waals surface area contributed by atoms with Crippen LogP contribution < -0.4 is 0 Å². The molecule has 124 valence electrons. The highest BCUT2D eigenvalue weighted by molar-refractivity contribution is 6.31. The molecule has 24 heavy (non-hydrogen) atoms. The molecule has 0 spiro atoms. The zero-order valence-corrected chi connectivity index (χ0v) is 14.2. The van der Waals surface area contributed by atoms with Crippen LogP contribution >= 0.6 is 0 Å². The van der Waals surface area contributed by atoms with Crippen LogP contribution in [0.25, 0.3) is 11.1 Å². The van der Waals surface area contributed by atoms with Crippen LogP contribution in [0.3, 0.4) is 0 Å². The van der Waals surface area contributed by atoms with Crippen LogP contribution in [-0.2, 0) is 9.53 Å². The summed E-state index contributed by atoms with van der Waals surface area (Å²) >= 11 is 0. The van der Waals surface area contributed by atoms with Crippen molar-refractivity contribution in [2.75, 3.05) is 13.7 Å². The lowest BCUT2D eigenvalue weighted by molar-refractivity contribution is -0.113. The molecular weight excluding hydrogens is 296 g/mol. The van der Waals surface area contributed by atoms with E-state index in [0.717, 1.165) is 37.0 Å². The summed E-state index contributed by atoms with van der Waals surface area (Å²) in [4.78, 5) is 12.8. The van der Waals surface area contributed by atoms with Crippen molar-refractivity contribution in [1.82, 2.24) is 0 Å². The first-order valence-electron chi connectivity index (χ1n) is 8.68. The van der Waals surface area contributed by atoms with Gasteiger partial charge in [-0.3, -0.25) is 4.79 Å². The molecule has 0 saturated heterocycles. The molecule has 0 fully saturated rings. The Hall–Kier alpha value is -2.19. The fraction of sp³-hybridized carbons (Fsp3) is 0.318. The largest absolute Gasteiger partial charge is 0.385 e. The van der Waals surface area contributed by atoms with Crippen molar-refractivity contribution in [3.05, 3.63) is 71.8 Å². The molecule has 1 unspecified atom stereocenters. The quantitative estimate of drug-likeness (QED) is 0.671. The number of hydrogen-bond acceptors (Lipinski definition) is 2. The number of carbonyl (C=O) groups is 1. The van der Waals surface area contributed by atoms with E-state index in [-0.39, 0.29) is 5.78 Å². The molecule has 2 heteroatoms. The third-order valence-corrected chi connectivity index (χ3v) is 4.69. The summed E-state index contributed by atoms with van der Waals surface area (Å²) in [5, 5.41) is 0. The molecule has 0 aliphatic heterocycles. The normalized spacial score (nSPS) is 17.5. The molecule has 0 saturated carbocycles. The molecule has 1 aliphatic carbocycles. The number of ether oxygens (including phenoxy) is 1. The third-order valence-electron chi connectivity index (χ3n) is 4.69. The summed E-state index contributed by atoms with van der Waals surface area (Å²) in [6.07, 6.45) is 3.80. The average molecular weight is 320 g/mol. The Morgan fingerprint density at radius 3 is 2.17 bits per heavy atom. The van der Waals surface area contributed by atoms with Crippen molar-refractivity contribution in [3.8, 4) is 0 Å². The van der Waals surface area contributed by atoms with Crippen molar-refractivity contribution in [3.63, 3.8) is 0 Å². The van der Waals surface area contributed by atoms with Gasteiger partial charge in [0.15, 0.2) is 5.78 Å². The van der Waals surface area contributed by atoms with Gasteiger partial charge in [0.1, 0.15) is 0 Å². The smallest absolute Gasteiger partial charge is 0.164 e. The van der Waals surface area contributed by atoms with Crippen molar-refractivity contribution in [2.24, 2.45) is 5.92 Å². The molecule has 2 aromatic rings. The number of rotatable bonds is 7. The molecule has 1 atom stereocenters. The Kier molecular flexibility index (Phi) is 5.60. The van der Waals surface area contributed by atoms with Gasteiger partial charge in [0.25, 0.3) is 0 Å². The fourth-order valence-corrected chi connectivity index (χ4v) is 3.58. The van der Waals surface area contributed by atoms with E-state index >= 15 is 0 Å². The highest BCUT2D eigenvalue weighted by atomic mass is 16.5. The monoisotopic (exact) mass is 320 g/mol. The van der Waals surface area contributed by atoms with Crippen LogP contribution in [0.15, 0.2) is 60.7 Å². The standard InChI is InChI=1S/C22H24O2/c1-24-15-9-8-14-19-16-20(23)22(18-12-6-3-7-13-18)21(19)17-10-4-2-5-11-17/h2-7,10-13,19H,8-9,14-16H2,1H3. The summed E-state index contributed by atoms with van der Waals surface area (Å²) < 4.78 is 5.15. The van der Waals surface area contributed by atoms with E-state index in [4.69, 9.17) is 4.74 Å². The fourth-order valence-electron chi connectivity index (χ4n) is 3.58. The SMILES string of the molecule is COCCCCC1CC(=O)C(c2ccccc2)=C1c1ccccc1. The maximum absolute atomic E-state index is 12.8. The van der Waals surface area contributed by atoms with Crippen molar-refractivity contribution in [1.29, 1.82) is 0 Å². The van der Waals surface area contributed by atoms with Crippen LogP contribution in [0.1, 0.15) is 36.8 Å². The van der Waals surface area contributed by atoms with Gasteiger partial charge in [0.05, 0.1) is 0 Å². The highest BCUT2D eigenvalue weighted by Crippen LogP contribution is 2.43. The Morgan fingerprint density at radius 2 is 1.54 bits per heavy atom. The first-order valence-corrected chi connectivity index (χ1v) is 8.68. The number of benzene rings is 2. The Labute approximate surface area is 144 Å². The van der Waals surface area contributed by atoms with E-state index < -0.39 is 0 Å². The number of ketones is 1. The van der Waals surface area contributed by atoms with Gasteiger partial charge in [-0.2, -0.15) is 0 Å². The van der Waals surface area contributed by atoms with E-state index in [9.17, 15) is 4.79 Å². The van der Waals surface area contributed by atoms with E-state index in [0.29, 0.717) is 12.3 Å². The zero-order chi connectivity index (χ0) is 16.8. The molecule has 0 amide bonds. The molecular formula is C22H24O2. The Bertz CT molecular complexity index is 701. The van der Waals surface area contributed by atoms with Crippen LogP contribution in [0.4, 0.5) is 0 Å². The van der Waals surface area contributed by atoms with Crippen LogP contribution in [0.5, 0.6) is 0 Å². The summed E-state index contributed by atoms with van der Waals surface area (Å²) in [5.74, 6) is 0.587. The van der Waals surface area contributed by atoms with E-state index in [2.05, 4.69) is 24.3 Å². The van der Waals surface area contributed by atoms with Gasteiger partial charge < -0.3 is 4.74 Å². The number of allylic oxidation sites excluding steroid dienone is 2. The van der Waals surface area contributed by atoms with Crippen molar-refractivity contribution >= 4 is 16.9 Å². The Morgan fingerprint density at radius 1 is 0.917 bits per heavy atom. The first kappa shape index (κ1) is 16.7. The van der Waals surface area contributed by atoms with Gasteiger partial charge in [-0.05, 0) is 35.5 Å². The third kappa shape index (κ3) is 3.65. The Balaban J connectivity index is 1.96. The summed E-state index contributed by atoms with van der Waals surface area (Å²) in [6, 6.07) is 20.5. The molecule has 0 bridgehead atoms. The molecule has 0 heterocycles. The minimum absolute atomic E-state index is 0.275. The number of methoxy groups -OCH3 is 1. The van der Waals surface area contributed by atoms with Crippen LogP contribution in [0.2, 0.25) is 0 Å². The van der Waals surface area contributed by atoms with E-state index in [1.165, 1.54) is 11.1 Å². The van der Waals surface area contributed by atoms with Gasteiger partial charge in [-0.25, -0.2) is 0 Å². The van der Waals surface area contributed by atoms with Crippen molar-refractivity contribution < 1.29 is 9.53 Å². The average Bonchev–Trinajstić information content (AvgIpc) is 2.96. The highest BCUT2D eigenvalue weighted by Gasteiger charge is 2.33. The topological polar surface area (TPSA) is 26.3 Å². The van der Waals surface area contributed by atoms with Crippen LogP contribution in [0, 0.1) is 5.92 Å². The van der Waals surface area contributed by atoms with E-state index in [1.807, 2.05) is 36.4 Å². The molecule has 2 aromatic carbocycles. The van der Waals surface area contributed by atoms with Crippen LogP contribution in [-0.4, -0.2) is 19.5 Å². The lowest BCUT2D eigenvalue weighted by Gasteiger charge is -2.16. The minimum atomic E-state index is 0.275. The predicted octanol–water partition coefficient (Wildman–Crippen LogP) is 5.00. The van der Waals surface area contributed by atoms with Gasteiger partial charge in [0.2, 0.25) is 0 Å². The maximum atomic E-state index is 12.8. The lowest BCUT2D eigenvalue weighted by atomic mass is 9.88. The molecule has 0 aromatic heterocycles. The molecule has 0 N–H and O–H groups in total. The second-order valence-electron chi connectivity index (χ2n) is 6.33. The molecule has 0 radical (unpaired) electrons. The number of unbranched alkanes of at least 4 members (excludes halogenated alkanes) is 1. The number of hydrogen-bond donors (Lipinski definition) is 0. The zero-order valence-electron chi connectivity index (χ0n) is 14.2. The second kappa shape index (κ2) is 8.07. The number of carbonyl (C=O) groups excluding carboxylic acids is 1. The van der Waals surface area contributed by atoms with Gasteiger partial charge in [0, 0.05) is 25.7 Å². The van der Waals surface area contributed by atoms with Gasteiger partial charge in [-0.15, -0.1) is 0 Å². The molecule has 3 rings (SSSR count). The number of Topliss-reactive ketones (excluding diaryl/α,β-unsaturated/α-hetero) is 1. The summed E-state index contributed by atoms with van der Waals surface area (Å²) in [6.45, 7) is 0.788. The first-order chi connectivity index (χ1) is 11.8. The predicted molar refractivity (Wildman–Crippen MR) is 98.5 cm³/mol. The van der Waals surface area contributed by atoms with Gasteiger partial charge >= 0.3 is 0 Å².